The summed E-state index contributed by atoms with van der Waals surface area (Å²) in [4.78, 5) is 0. The van der Waals surface area contributed by atoms with E-state index in [2.05, 4.69) is 25.4 Å². The molecular weight excluding hydrogens is 194 g/mol. The van der Waals surface area contributed by atoms with E-state index < -0.39 is 0 Å². The summed E-state index contributed by atoms with van der Waals surface area (Å²) < 4.78 is 5.07. The first kappa shape index (κ1) is 11.7. The lowest BCUT2D eigenvalue weighted by molar-refractivity contribution is 0.469. The van der Waals surface area contributed by atoms with E-state index in [-0.39, 0.29) is 0 Å². The molecule has 0 bridgehead atoms. The number of hydrogen-bond acceptors (Lipinski definition) is 3. The van der Waals surface area contributed by atoms with Gasteiger partial charge in [-0.2, -0.15) is 11.8 Å². The van der Waals surface area contributed by atoms with Gasteiger partial charge < -0.3 is 9.73 Å². The Bertz CT molecular complexity index is 235. The first-order valence-corrected chi connectivity index (χ1v) is 6.44. The Hall–Kier alpha value is -0.410. The largest absolute Gasteiger partial charge is 0.472 e. The first-order chi connectivity index (χ1) is 6.77. The van der Waals surface area contributed by atoms with Crippen LogP contribution in [0.1, 0.15) is 31.9 Å². The van der Waals surface area contributed by atoms with Crippen LogP contribution in [0, 0.1) is 0 Å². The Morgan fingerprint density at radius 3 is 2.86 bits per heavy atom. The molecule has 1 rings (SSSR count). The van der Waals surface area contributed by atoms with E-state index in [1.807, 2.05) is 24.1 Å². The molecular formula is C11H19NOS. The molecule has 0 amide bonds. The van der Waals surface area contributed by atoms with Crippen LogP contribution in [-0.4, -0.2) is 18.1 Å². The van der Waals surface area contributed by atoms with Crippen LogP contribution in [0.15, 0.2) is 23.0 Å². The maximum atomic E-state index is 5.07. The molecule has 3 heteroatoms. The van der Waals surface area contributed by atoms with E-state index in [0.29, 0.717) is 12.1 Å². The third-order valence-electron chi connectivity index (χ3n) is 2.39. The second-order valence-electron chi connectivity index (χ2n) is 3.51. The summed E-state index contributed by atoms with van der Waals surface area (Å²) in [6.45, 7) is 4.39. The van der Waals surface area contributed by atoms with Crippen LogP contribution in [0.25, 0.3) is 0 Å². The van der Waals surface area contributed by atoms with Gasteiger partial charge in [-0.3, -0.25) is 0 Å². The second-order valence-corrected chi connectivity index (χ2v) is 4.42. The lowest BCUT2D eigenvalue weighted by atomic mass is 10.1. The Labute approximate surface area is 90.5 Å². The molecule has 2 atom stereocenters. The number of furan rings is 1. The van der Waals surface area contributed by atoms with E-state index >= 15 is 0 Å². The molecule has 1 N–H and O–H groups in total. The number of rotatable bonds is 6. The molecule has 14 heavy (non-hydrogen) atoms. The van der Waals surface area contributed by atoms with Gasteiger partial charge in [-0.1, -0.05) is 6.92 Å². The molecule has 0 aliphatic carbocycles. The van der Waals surface area contributed by atoms with E-state index in [1.54, 1.807) is 6.26 Å². The number of hydrogen-bond donors (Lipinski definition) is 1. The average Bonchev–Trinajstić information content (AvgIpc) is 2.69. The number of nitrogens with one attached hydrogen (secondary N) is 1. The van der Waals surface area contributed by atoms with Gasteiger partial charge in [0.25, 0.3) is 0 Å². The van der Waals surface area contributed by atoms with E-state index in [0.717, 1.165) is 0 Å². The molecule has 0 spiro atoms. The Morgan fingerprint density at radius 1 is 1.57 bits per heavy atom. The normalized spacial score (nSPS) is 15.4. The SMILES string of the molecule is CCC(CSC)NC(C)c1ccoc1. The van der Waals surface area contributed by atoms with Gasteiger partial charge in [0.05, 0.1) is 12.5 Å². The highest BCUT2D eigenvalue weighted by atomic mass is 32.2. The maximum Gasteiger partial charge on any atom is 0.0950 e. The van der Waals surface area contributed by atoms with Crippen LogP contribution in [-0.2, 0) is 0 Å². The van der Waals surface area contributed by atoms with Gasteiger partial charge in [0.1, 0.15) is 0 Å². The predicted molar refractivity (Wildman–Crippen MR) is 62.7 cm³/mol. The highest BCUT2D eigenvalue weighted by Crippen LogP contribution is 2.14. The molecule has 0 aromatic carbocycles. The summed E-state index contributed by atoms with van der Waals surface area (Å²) in [6, 6.07) is 2.99. The molecule has 1 heterocycles. The first-order valence-electron chi connectivity index (χ1n) is 5.05. The molecule has 0 fully saturated rings. The highest BCUT2D eigenvalue weighted by Gasteiger charge is 2.11. The van der Waals surface area contributed by atoms with Crippen molar-refractivity contribution in [3.05, 3.63) is 24.2 Å². The maximum absolute atomic E-state index is 5.07. The molecule has 80 valence electrons. The van der Waals surface area contributed by atoms with Gasteiger partial charge in [-0.15, -0.1) is 0 Å². The second kappa shape index (κ2) is 6.14. The minimum atomic E-state index is 0.380. The fourth-order valence-corrected chi connectivity index (χ4v) is 2.19. The lowest BCUT2D eigenvalue weighted by Crippen LogP contribution is -2.32. The molecule has 0 aliphatic heterocycles. The third kappa shape index (κ3) is 3.39. The Kier molecular flexibility index (Phi) is 5.12. The molecule has 2 unspecified atom stereocenters. The van der Waals surface area contributed by atoms with Gasteiger partial charge in [0, 0.05) is 23.4 Å². The quantitative estimate of drug-likeness (QED) is 0.786. The zero-order valence-corrected chi connectivity index (χ0v) is 9.93. The highest BCUT2D eigenvalue weighted by molar-refractivity contribution is 7.98. The van der Waals surface area contributed by atoms with Crippen molar-refractivity contribution >= 4 is 11.8 Å². The van der Waals surface area contributed by atoms with Crippen LogP contribution in [0.5, 0.6) is 0 Å². The molecule has 0 saturated carbocycles. The molecule has 0 saturated heterocycles. The van der Waals surface area contributed by atoms with Crippen molar-refractivity contribution in [1.29, 1.82) is 0 Å². The summed E-state index contributed by atoms with van der Waals surface area (Å²) in [5.41, 5.74) is 1.23. The Balaban J connectivity index is 2.42. The Morgan fingerprint density at radius 2 is 2.36 bits per heavy atom. The number of thioether (sulfide) groups is 1. The minimum Gasteiger partial charge on any atom is -0.472 e. The zero-order chi connectivity index (χ0) is 10.4. The average molecular weight is 213 g/mol. The van der Waals surface area contributed by atoms with E-state index in [4.69, 9.17) is 4.42 Å². The van der Waals surface area contributed by atoms with Crippen LogP contribution in [0.2, 0.25) is 0 Å². The summed E-state index contributed by atoms with van der Waals surface area (Å²) in [5, 5.41) is 3.59. The van der Waals surface area contributed by atoms with E-state index in [9.17, 15) is 0 Å². The smallest absolute Gasteiger partial charge is 0.0950 e. The molecule has 0 radical (unpaired) electrons. The van der Waals surface area contributed by atoms with Crippen molar-refractivity contribution in [2.24, 2.45) is 0 Å². The summed E-state index contributed by atoms with van der Waals surface area (Å²) in [7, 11) is 0. The fourth-order valence-electron chi connectivity index (χ4n) is 1.46. The topological polar surface area (TPSA) is 25.2 Å². The fraction of sp³-hybridized carbons (Fsp3) is 0.636. The van der Waals surface area contributed by atoms with Crippen LogP contribution in [0.4, 0.5) is 0 Å². The van der Waals surface area contributed by atoms with Crippen molar-refractivity contribution in [2.75, 3.05) is 12.0 Å². The molecule has 1 aromatic rings. The summed E-state index contributed by atoms with van der Waals surface area (Å²) >= 11 is 1.89. The van der Waals surface area contributed by atoms with Crippen molar-refractivity contribution in [2.45, 2.75) is 32.4 Å². The van der Waals surface area contributed by atoms with Crippen molar-refractivity contribution in [3.8, 4) is 0 Å². The summed E-state index contributed by atoms with van der Waals surface area (Å²) in [6.07, 6.45) is 6.85. The molecule has 2 nitrogen and oxygen atoms in total. The minimum absolute atomic E-state index is 0.380. The van der Waals surface area contributed by atoms with E-state index in [1.165, 1.54) is 17.7 Å². The predicted octanol–water partition coefficient (Wildman–Crippen LogP) is 3.07. The van der Waals surface area contributed by atoms with Crippen LogP contribution in [0.3, 0.4) is 0 Å². The van der Waals surface area contributed by atoms with Crippen molar-refractivity contribution < 1.29 is 4.42 Å². The monoisotopic (exact) mass is 213 g/mol. The molecule has 0 aliphatic rings. The van der Waals surface area contributed by atoms with Crippen LogP contribution >= 0.6 is 11.8 Å². The van der Waals surface area contributed by atoms with Gasteiger partial charge >= 0.3 is 0 Å². The van der Waals surface area contributed by atoms with Gasteiger partial charge in [-0.25, -0.2) is 0 Å². The van der Waals surface area contributed by atoms with Crippen molar-refractivity contribution in [3.63, 3.8) is 0 Å². The lowest BCUT2D eigenvalue weighted by Gasteiger charge is -2.20. The zero-order valence-electron chi connectivity index (χ0n) is 9.12. The van der Waals surface area contributed by atoms with Gasteiger partial charge in [0.15, 0.2) is 0 Å². The standard InChI is InChI=1S/C11H19NOS/c1-4-11(8-14-3)12-9(2)10-5-6-13-7-10/h5-7,9,11-12H,4,8H2,1-3H3. The van der Waals surface area contributed by atoms with Gasteiger partial charge in [-0.05, 0) is 25.7 Å². The molecule has 1 aromatic heterocycles. The van der Waals surface area contributed by atoms with Gasteiger partial charge in [0.2, 0.25) is 0 Å². The summed E-state index contributed by atoms with van der Waals surface area (Å²) in [5.74, 6) is 1.17. The third-order valence-corrected chi connectivity index (χ3v) is 3.13. The van der Waals surface area contributed by atoms with Crippen LogP contribution < -0.4 is 5.32 Å². The van der Waals surface area contributed by atoms with Crippen molar-refractivity contribution in [1.82, 2.24) is 5.32 Å².